The molecule has 0 radical (unpaired) electrons. The maximum Gasteiger partial charge on any atom is 0.165 e. The first-order valence-corrected chi connectivity index (χ1v) is 17.5. The van der Waals surface area contributed by atoms with E-state index in [1.165, 1.54) is 53.1 Å². The van der Waals surface area contributed by atoms with Crippen molar-refractivity contribution >= 4 is 53.3 Å². The van der Waals surface area contributed by atoms with Crippen LogP contribution in [0.2, 0.25) is 0 Å². The summed E-state index contributed by atoms with van der Waals surface area (Å²) in [5, 5.41) is 4.92. The Morgan fingerprint density at radius 1 is 0.380 bits per heavy atom. The van der Waals surface area contributed by atoms with Crippen molar-refractivity contribution in [2.24, 2.45) is 0 Å². The van der Waals surface area contributed by atoms with Gasteiger partial charge in [-0.25, -0.2) is 15.0 Å². The standard InChI is InChI=1S/C45H28N4S/c1-4-13-29(14-5-1)32-23-26-40-38(27-32)34-19-10-11-22-39(34)49(40)33-24-25-35-36-20-12-21-37(42(36)50-41(35)28-33)45-47-43(30-15-6-2-7-16-30)46-44(48-45)31-17-8-3-9-18-31/h1-28H. The fourth-order valence-corrected chi connectivity index (χ4v) is 8.34. The van der Waals surface area contributed by atoms with Gasteiger partial charge >= 0.3 is 0 Å². The molecule has 0 fully saturated rings. The highest BCUT2D eigenvalue weighted by atomic mass is 32.1. The Labute approximate surface area is 292 Å². The van der Waals surface area contributed by atoms with Crippen LogP contribution in [0.15, 0.2) is 170 Å². The largest absolute Gasteiger partial charge is 0.309 e. The van der Waals surface area contributed by atoms with E-state index in [1.807, 2.05) is 60.7 Å². The van der Waals surface area contributed by atoms with Crippen LogP contribution in [0.4, 0.5) is 0 Å². The number of hydrogen-bond donors (Lipinski definition) is 0. The van der Waals surface area contributed by atoms with Crippen LogP contribution in [0.1, 0.15) is 0 Å². The van der Waals surface area contributed by atoms with Gasteiger partial charge < -0.3 is 4.57 Å². The zero-order valence-electron chi connectivity index (χ0n) is 26.9. The first-order valence-electron chi connectivity index (χ1n) is 16.7. The number of rotatable bonds is 5. The van der Waals surface area contributed by atoms with Gasteiger partial charge in [-0.1, -0.05) is 133 Å². The van der Waals surface area contributed by atoms with Crippen LogP contribution in [-0.4, -0.2) is 19.5 Å². The Balaban J connectivity index is 1.15. The number of benzene rings is 7. The number of aromatic nitrogens is 4. The highest BCUT2D eigenvalue weighted by Gasteiger charge is 2.18. The molecule has 3 aromatic heterocycles. The smallest absolute Gasteiger partial charge is 0.165 e. The van der Waals surface area contributed by atoms with Crippen LogP contribution in [-0.2, 0) is 0 Å². The van der Waals surface area contributed by atoms with Crippen molar-refractivity contribution in [1.29, 1.82) is 0 Å². The van der Waals surface area contributed by atoms with E-state index in [4.69, 9.17) is 15.0 Å². The lowest BCUT2D eigenvalue weighted by Gasteiger charge is -2.09. The topological polar surface area (TPSA) is 43.6 Å². The summed E-state index contributed by atoms with van der Waals surface area (Å²) in [5.41, 5.74) is 8.90. The lowest BCUT2D eigenvalue weighted by Crippen LogP contribution is -2.00. The highest BCUT2D eigenvalue weighted by molar-refractivity contribution is 7.26. The molecule has 50 heavy (non-hydrogen) atoms. The minimum Gasteiger partial charge on any atom is -0.309 e. The van der Waals surface area contributed by atoms with E-state index >= 15 is 0 Å². The molecule has 234 valence electrons. The molecule has 5 heteroatoms. The lowest BCUT2D eigenvalue weighted by atomic mass is 10.0. The second-order valence-corrected chi connectivity index (χ2v) is 13.5. The quantitative estimate of drug-likeness (QED) is 0.185. The van der Waals surface area contributed by atoms with Gasteiger partial charge in [-0.05, 0) is 47.5 Å². The van der Waals surface area contributed by atoms with Crippen molar-refractivity contribution in [3.05, 3.63) is 170 Å². The Bertz CT molecular complexity index is 2800. The number of nitrogens with zero attached hydrogens (tertiary/aromatic N) is 4. The van der Waals surface area contributed by atoms with E-state index in [-0.39, 0.29) is 0 Å². The Hall–Kier alpha value is -6.43. The molecule has 0 saturated carbocycles. The first-order chi connectivity index (χ1) is 24.8. The number of para-hydroxylation sites is 1. The van der Waals surface area contributed by atoms with Crippen LogP contribution < -0.4 is 0 Å². The summed E-state index contributed by atoms with van der Waals surface area (Å²) in [4.78, 5) is 15.0. The van der Waals surface area contributed by atoms with E-state index in [1.54, 1.807) is 11.3 Å². The van der Waals surface area contributed by atoms with Gasteiger partial charge in [0.2, 0.25) is 0 Å². The van der Waals surface area contributed by atoms with Crippen molar-refractivity contribution in [2.45, 2.75) is 0 Å². The Kier molecular flexibility index (Phi) is 6.64. The minimum absolute atomic E-state index is 0.664. The second-order valence-electron chi connectivity index (χ2n) is 12.5. The van der Waals surface area contributed by atoms with Gasteiger partial charge in [-0.15, -0.1) is 11.3 Å². The highest BCUT2D eigenvalue weighted by Crippen LogP contribution is 2.42. The summed E-state index contributed by atoms with van der Waals surface area (Å²) < 4.78 is 4.78. The number of thiophene rings is 1. The van der Waals surface area contributed by atoms with Crippen molar-refractivity contribution in [2.75, 3.05) is 0 Å². The molecule has 10 aromatic rings. The SMILES string of the molecule is c1ccc(-c2ccc3c(c2)c2ccccc2n3-c2ccc3c(c2)sc2c(-c4nc(-c5ccccc5)nc(-c5ccccc5)n4)cccc23)cc1. The van der Waals surface area contributed by atoms with Crippen LogP contribution >= 0.6 is 11.3 Å². The molecule has 0 unspecified atom stereocenters. The van der Waals surface area contributed by atoms with Crippen LogP contribution in [0.3, 0.4) is 0 Å². The summed E-state index contributed by atoms with van der Waals surface area (Å²) >= 11 is 1.79. The maximum absolute atomic E-state index is 5.06. The predicted octanol–water partition coefficient (Wildman–Crippen LogP) is 12.0. The van der Waals surface area contributed by atoms with Crippen LogP contribution in [0, 0.1) is 0 Å². The summed E-state index contributed by atoms with van der Waals surface area (Å²) in [6, 6.07) is 59.7. The van der Waals surface area contributed by atoms with E-state index in [0.29, 0.717) is 17.5 Å². The fraction of sp³-hybridized carbons (Fsp3) is 0. The molecule has 0 aliphatic carbocycles. The average Bonchev–Trinajstić information content (AvgIpc) is 3.74. The molecule has 0 aliphatic rings. The maximum atomic E-state index is 5.06. The van der Waals surface area contributed by atoms with Crippen molar-refractivity contribution in [1.82, 2.24) is 19.5 Å². The zero-order chi connectivity index (χ0) is 33.0. The van der Waals surface area contributed by atoms with Gasteiger partial charge in [0.15, 0.2) is 17.5 Å². The predicted molar refractivity (Wildman–Crippen MR) is 209 cm³/mol. The van der Waals surface area contributed by atoms with E-state index in [9.17, 15) is 0 Å². The summed E-state index contributed by atoms with van der Waals surface area (Å²) in [6.07, 6.45) is 0. The molecule has 10 rings (SSSR count). The molecule has 3 heterocycles. The van der Waals surface area contributed by atoms with Crippen LogP contribution in [0.5, 0.6) is 0 Å². The van der Waals surface area contributed by atoms with Gasteiger partial charge in [-0.3, -0.25) is 0 Å². The lowest BCUT2D eigenvalue weighted by molar-refractivity contribution is 1.08. The van der Waals surface area contributed by atoms with Crippen LogP contribution in [0.25, 0.3) is 93.0 Å². The second kappa shape index (κ2) is 11.6. The number of hydrogen-bond acceptors (Lipinski definition) is 4. The molecule has 0 amide bonds. The summed E-state index contributed by atoms with van der Waals surface area (Å²) in [6.45, 7) is 0. The Morgan fingerprint density at radius 3 is 1.70 bits per heavy atom. The molecule has 0 atom stereocenters. The Morgan fingerprint density at radius 2 is 0.980 bits per heavy atom. The van der Waals surface area contributed by atoms with E-state index < -0.39 is 0 Å². The normalized spacial score (nSPS) is 11.6. The van der Waals surface area contributed by atoms with E-state index in [2.05, 4.69) is 114 Å². The monoisotopic (exact) mass is 656 g/mol. The van der Waals surface area contributed by atoms with Gasteiger partial charge in [0.1, 0.15) is 0 Å². The van der Waals surface area contributed by atoms with E-state index in [0.717, 1.165) is 22.4 Å². The third kappa shape index (κ3) is 4.71. The van der Waals surface area contributed by atoms with Gasteiger partial charge in [0.25, 0.3) is 0 Å². The van der Waals surface area contributed by atoms with Gasteiger partial charge in [0, 0.05) is 53.3 Å². The zero-order valence-corrected chi connectivity index (χ0v) is 27.7. The third-order valence-corrected chi connectivity index (χ3v) is 10.7. The fourth-order valence-electron chi connectivity index (χ4n) is 7.09. The molecule has 0 saturated heterocycles. The minimum atomic E-state index is 0.664. The first kappa shape index (κ1) is 28.6. The summed E-state index contributed by atoms with van der Waals surface area (Å²) in [5.74, 6) is 2.00. The van der Waals surface area contributed by atoms with Gasteiger partial charge in [0.05, 0.1) is 11.0 Å². The molecule has 0 bridgehead atoms. The molecular formula is C45H28N4S. The van der Waals surface area contributed by atoms with Gasteiger partial charge in [-0.2, -0.15) is 0 Å². The summed E-state index contributed by atoms with van der Waals surface area (Å²) in [7, 11) is 0. The molecule has 0 N–H and O–H groups in total. The number of fused-ring (bicyclic) bond motifs is 6. The molecule has 0 aliphatic heterocycles. The third-order valence-electron chi connectivity index (χ3n) is 9.46. The average molecular weight is 657 g/mol. The molecular weight excluding hydrogens is 629 g/mol. The van der Waals surface area contributed by atoms with Crippen molar-refractivity contribution in [3.8, 4) is 51.0 Å². The molecule has 4 nitrogen and oxygen atoms in total. The van der Waals surface area contributed by atoms with Crippen molar-refractivity contribution < 1.29 is 0 Å². The van der Waals surface area contributed by atoms with Crippen molar-refractivity contribution in [3.63, 3.8) is 0 Å². The molecule has 7 aromatic carbocycles. The molecule has 0 spiro atoms.